The highest BCUT2D eigenvalue weighted by Gasteiger charge is 2.53. The maximum absolute atomic E-state index is 12.5. The van der Waals surface area contributed by atoms with Gasteiger partial charge in [-0.2, -0.15) is 0 Å². The lowest BCUT2D eigenvalue weighted by Crippen LogP contribution is -2.66. The number of amides is 1. The normalized spacial score (nSPS) is 38.6. The van der Waals surface area contributed by atoms with Crippen molar-refractivity contribution in [2.75, 3.05) is 26.4 Å². The average Bonchev–Trinajstić information content (AvgIpc) is 3.16. The fraction of sp³-hybridized carbons (Fsp3) is 0.971. The van der Waals surface area contributed by atoms with Crippen LogP contribution in [0.3, 0.4) is 0 Å². The summed E-state index contributed by atoms with van der Waals surface area (Å²) in [6.07, 6.45) is -16.7. The molecule has 19 heteroatoms. The number of rotatable bonds is 23. The molecule has 54 heavy (non-hydrogen) atoms. The van der Waals surface area contributed by atoms with Crippen LogP contribution in [-0.2, 0) is 33.2 Å². The van der Waals surface area contributed by atoms with Crippen molar-refractivity contribution in [3.63, 3.8) is 0 Å². The van der Waals surface area contributed by atoms with Crippen LogP contribution in [0.4, 0.5) is 0 Å². The Balaban J connectivity index is 1.60. The monoisotopic (exact) mass is 787 g/mol. The molecule has 318 valence electrons. The van der Waals surface area contributed by atoms with Crippen LogP contribution in [0.1, 0.15) is 84.5 Å². The number of unbranched alkanes of at least 4 members (excludes halogenated alkanes) is 7. The molecule has 17 unspecified atom stereocenters. The maximum Gasteiger partial charge on any atom is 0.220 e. The Labute approximate surface area is 315 Å². The standard InChI is InChI=1S/C35H65NO18/c1-3-5-6-7-8-9-10-11-13-19(40)18(36-23(41)12-4-2)17-49-33-29(47)26(44)31(21(15-38)51-33)54-35-30(48)27(45)32(22(16-39)52-35)53-34-28(46)25(43)24(42)20(14-37)50-34/h18-22,24-35,37-40,42-48H,3-17H2,1-2H3,(H,36,41). The summed E-state index contributed by atoms with van der Waals surface area (Å²) in [5.74, 6) is -0.303. The molecule has 0 saturated carbocycles. The quantitative estimate of drug-likeness (QED) is 0.0450. The van der Waals surface area contributed by atoms with E-state index in [4.69, 9.17) is 28.4 Å². The second-order valence-corrected chi connectivity index (χ2v) is 14.4. The predicted molar refractivity (Wildman–Crippen MR) is 185 cm³/mol. The molecular formula is C35H65NO18. The summed E-state index contributed by atoms with van der Waals surface area (Å²) < 4.78 is 33.6. The van der Waals surface area contributed by atoms with Gasteiger partial charge in [0.15, 0.2) is 18.9 Å². The first-order valence-electron chi connectivity index (χ1n) is 19.3. The van der Waals surface area contributed by atoms with Crippen LogP contribution in [0.2, 0.25) is 0 Å². The Kier molecular flexibility index (Phi) is 20.9. The Hall–Kier alpha value is -1.21. The molecule has 3 rings (SSSR count). The number of carbonyl (C=O) groups excluding carboxylic acids is 1. The molecule has 3 heterocycles. The zero-order chi connectivity index (χ0) is 39.9. The molecule has 0 aromatic heterocycles. The van der Waals surface area contributed by atoms with Crippen molar-refractivity contribution >= 4 is 5.91 Å². The molecule has 0 aromatic rings. The topological polar surface area (TPSA) is 307 Å². The molecule has 0 bridgehead atoms. The number of hydrogen-bond donors (Lipinski definition) is 12. The van der Waals surface area contributed by atoms with Crippen molar-refractivity contribution in [3.8, 4) is 0 Å². The van der Waals surface area contributed by atoms with Gasteiger partial charge < -0.3 is 89.9 Å². The Morgan fingerprint density at radius 2 is 1.06 bits per heavy atom. The van der Waals surface area contributed by atoms with Crippen LogP contribution in [0.15, 0.2) is 0 Å². The van der Waals surface area contributed by atoms with Crippen LogP contribution in [0, 0.1) is 0 Å². The molecule has 12 N–H and O–H groups in total. The van der Waals surface area contributed by atoms with Gasteiger partial charge in [-0.25, -0.2) is 0 Å². The van der Waals surface area contributed by atoms with Gasteiger partial charge >= 0.3 is 0 Å². The lowest BCUT2D eigenvalue weighted by Gasteiger charge is -2.48. The van der Waals surface area contributed by atoms with Gasteiger partial charge in [0.1, 0.15) is 73.2 Å². The second-order valence-electron chi connectivity index (χ2n) is 14.4. The number of aliphatic hydroxyl groups excluding tert-OH is 11. The first-order valence-corrected chi connectivity index (χ1v) is 19.3. The fourth-order valence-corrected chi connectivity index (χ4v) is 6.82. The van der Waals surface area contributed by atoms with E-state index in [-0.39, 0.29) is 18.9 Å². The van der Waals surface area contributed by atoms with Crippen molar-refractivity contribution < 1.29 is 89.4 Å². The van der Waals surface area contributed by atoms with Crippen LogP contribution < -0.4 is 5.32 Å². The fourth-order valence-electron chi connectivity index (χ4n) is 6.82. The Morgan fingerprint density at radius 1 is 0.593 bits per heavy atom. The van der Waals surface area contributed by atoms with E-state index in [1.54, 1.807) is 0 Å². The molecule has 1 amide bonds. The van der Waals surface area contributed by atoms with Gasteiger partial charge in [-0.15, -0.1) is 0 Å². The molecule has 3 saturated heterocycles. The van der Waals surface area contributed by atoms with Gasteiger partial charge in [-0.1, -0.05) is 65.2 Å². The molecule has 0 aliphatic carbocycles. The molecule has 3 fully saturated rings. The number of nitrogens with one attached hydrogen (secondary N) is 1. The van der Waals surface area contributed by atoms with Gasteiger partial charge in [0.2, 0.25) is 5.91 Å². The van der Waals surface area contributed by atoms with E-state index in [2.05, 4.69) is 12.2 Å². The lowest BCUT2D eigenvalue weighted by molar-refractivity contribution is -0.379. The van der Waals surface area contributed by atoms with Gasteiger partial charge in [0.25, 0.3) is 0 Å². The Bertz CT molecular complexity index is 1040. The molecule has 0 spiro atoms. The van der Waals surface area contributed by atoms with Gasteiger partial charge in [0.05, 0.1) is 38.6 Å². The van der Waals surface area contributed by atoms with E-state index in [1.165, 1.54) is 25.7 Å². The average molecular weight is 788 g/mol. The van der Waals surface area contributed by atoms with E-state index < -0.39 is 124 Å². The minimum atomic E-state index is -1.96. The van der Waals surface area contributed by atoms with E-state index in [0.717, 1.165) is 25.7 Å². The largest absolute Gasteiger partial charge is 0.394 e. The van der Waals surface area contributed by atoms with Crippen molar-refractivity contribution in [1.82, 2.24) is 5.32 Å². The minimum Gasteiger partial charge on any atom is -0.394 e. The van der Waals surface area contributed by atoms with Crippen LogP contribution in [-0.4, -0.2) is 193 Å². The molecule has 0 radical (unpaired) electrons. The highest BCUT2D eigenvalue weighted by molar-refractivity contribution is 5.76. The third-order valence-corrected chi connectivity index (χ3v) is 10.2. The Morgan fingerprint density at radius 3 is 1.57 bits per heavy atom. The van der Waals surface area contributed by atoms with Crippen molar-refractivity contribution in [2.24, 2.45) is 0 Å². The van der Waals surface area contributed by atoms with Crippen LogP contribution in [0.5, 0.6) is 0 Å². The summed E-state index contributed by atoms with van der Waals surface area (Å²) in [4.78, 5) is 12.5. The predicted octanol–water partition coefficient (Wildman–Crippen LogP) is -3.37. The summed E-state index contributed by atoms with van der Waals surface area (Å²) >= 11 is 0. The summed E-state index contributed by atoms with van der Waals surface area (Å²) in [7, 11) is 0. The van der Waals surface area contributed by atoms with Gasteiger partial charge in [0, 0.05) is 6.42 Å². The van der Waals surface area contributed by atoms with Crippen molar-refractivity contribution in [2.45, 2.75) is 189 Å². The summed E-state index contributed by atoms with van der Waals surface area (Å²) in [5.41, 5.74) is 0. The zero-order valence-corrected chi connectivity index (χ0v) is 31.2. The van der Waals surface area contributed by atoms with E-state index >= 15 is 0 Å². The first-order chi connectivity index (χ1) is 25.8. The molecule has 3 aliphatic heterocycles. The highest BCUT2D eigenvalue weighted by Crippen LogP contribution is 2.32. The van der Waals surface area contributed by atoms with E-state index in [1.807, 2.05) is 6.92 Å². The molecule has 19 nitrogen and oxygen atoms in total. The number of carbonyl (C=O) groups is 1. The molecule has 17 atom stereocenters. The molecular weight excluding hydrogens is 722 g/mol. The van der Waals surface area contributed by atoms with Crippen LogP contribution in [0.25, 0.3) is 0 Å². The number of ether oxygens (including phenoxy) is 6. The molecule has 0 aromatic carbocycles. The van der Waals surface area contributed by atoms with E-state index in [0.29, 0.717) is 12.8 Å². The zero-order valence-electron chi connectivity index (χ0n) is 31.2. The maximum atomic E-state index is 12.5. The third kappa shape index (κ3) is 12.9. The van der Waals surface area contributed by atoms with Crippen molar-refractivity contribution in [1.29, 1.82) is 0 Å². The smallest absolute Gasteiger partial charge is 0.220 e. The van der Waals surface area contributed by atoms with Gasteiger partial charge in [-0.3, -0.25) is 4.79 Å². The highest BCUT2D eigenvalue weighted by atomic mass is 16.8. The second kappa shape index (κ2) is 23.9. The van der Waals surface area contributed by atoms with Crippen LogP contribution >= 0.6 is 0 Å². The van der Waals surface area contributed by atoms with Gasteiger partial charge in [-0.05, 0) is 12.8 Å². The van der Waals surface area contributed by atoms with Crippen molar-refractivity contribution in [3.05, 3.63) is 0 Å². The van der Waals surface area contributed by atoms with E-state index in [9.17, 15) is 61.0 Å². The SMILES string of the molecule is CCCCCCCCCCC(O)C(COC1OC(CO)C(OC2OC(CO)C(OC3OC(CO)C(O)C(O)C3O)C(O)C2O)C(O)C1O)NC(=O)CCC. The third-order valence-electron chi connectivity index (χ3n) is 10.2. The lowest BCUT2D eigenvalue weighted by atomic mass is 9.96. The molecule has 3 aliphatic rings. The minimum absolute atomic E-state index is 0.218. The number of aliphatic hydroxyl groups is 11. The summed E-state index contributed by atoms with van der Waals surface area (Å²) in [6.45, 7) is 1.29. The summed E-state index contributed by atoms with van der Waals surface area (Å²) in [5, 5.41) is 118. The number of hydrogen-bond acceptors (Lipinski definition) is 18. The first kappa shape index (κ1) is 47.2. The summed E-state index contributed by atoms with van der Waals surface area (Å²) in [6, 6.07) is -0.871.